The molecule has 2 rings (SSSR count). The zero-order valence-electron chi connectivity index (χ0n) is 13.6. The number of aliphatic imine (C=N–C) groups is 1. The molecule has 2 unspecified atom stereocenters. The lowest BCUT2D eigenvalue weighted by Crippen LogP contribution is -3.17. The summed E-state index contributed by atoms with van der Waals surface area (Å²) >= 11 is 0. The quantitative estimate of drug-likeness (QED) is 0.452. The third-order valence-corrected chi connectivity index (χ3v) is 3.99. The van der Waals surface area contributed by atoms with E-state index in [1.165, 1.54) is 4.90 Å². The summed E-state index contributed by atoms with van der Waals surface area (Å²) in [7, 11) is 0. The molecule has 1 amide bonds. The van der Waals surface area contributed by atoms with Crippen LogP contribution in [0.2, 0.25) is 0 Å². The highest BCUT2D eigenvalue weighted by atomic mass is 35.5. The first-order valence-electron chi connectivity index (χ1n) is 7.62. The van der Waals surface area contributed by atoms with Gasteiger partial charge in [0.25, 0.3) is 0 Å². The third kappa shape index (κ3) is 5.86. The van der Waals surface area contributed by atoms with Crippen molar-refractivity contribution in [2.24, 2.45) is 4.99 Å². The molecule has 1 aliphatic rings. The van der Waals surface area contributed by atoms with Gasteiger partial charge >= 0.3 is 5.91 Å². The topological polar surface area (TPSA) is 58.5 Å². The van der Waals surface area contributed by atoms with E-state index in [9.17, 15) is 4.79 Å². The Morgan fingerprint density at radius 3 is 2.57 bits per heavy atom. The fraction of sp³-hybridized carbons (Fsp3) is 0.500. The lowest BCUT2D eigenvalue weighted by atomic mass is 10.1. The monoisotopic (exact) mass is 361 g/mol. The Hall–Kier alpha value is -0.980. The van der Waals surface area contributed by atoms with E-state index in [-0.39, 0.29) is 37.3 Å². The van der Waals surface area contributed by atoms with Crippen LogP contribution in [0.4, 0.5) is 5.69 Å². The summed E-state index contributed by atoms with van der Waals surface area (Å²) in [4.78, 5) is 18.9. The van der Waals surface area contributed by atoms with Crippen molar-refractivity contribution in [1.82, 2.24) is 0 Å². The lowest BCUT2D eigenvalue weighted by molar-refractivity contribution is -0.923. The van der Waals surface area contributed by atoms with Crippen LogP contribution in [0.1, 0.15) is 30.6 Å². The van der Waals surface area contributed by atoms with Gasteiger partial charge in [-0.1, -0.05) is 12.1 Å². The van der Waals surface area contributed by atoms with Gasteiger partial charge in [-0.25, -0.2) is 14.7 Å². The number of amides is 1. The molecule has 0 aromatic heterocycles. The van der Waals surface area contributed by atoms with E-state index >= 15 is 0 Å². The molecule has 0 fully saturated rings. The number of quaternary nitrogens is 2. The molecule has 1 aromatic carbocycles. The van der Waals surface area contributed by atoms with Crippen molar-refractivity contribution in [2.45, 2.75) is 26.3 Å². The number of carbonyl (C=O) groups excluding carboxylic acids is 1. The predicted molar refractivity (Wildman–Crippen MR) is 82.3 cm³/mol. The summed E-state index contributed by atoms with van der Waals surface area (Å²) in [6.45, 7) is 6.99. The highest BCUT2D eigenvalue weighted by Gasteiger charge is 2.26. The molecular formula is C16H25Cl2N3O2. The number of aliphatic hydroxyl groups is 1. The van der Waals surface area contributed by atoms with Crippen LogP contribution in [0.25, 0.3) is 0 Å². The van der Waals surface area contributed by atoms with Crippen LogP contribution < -0.4 is 34.6 Å². The first kappa shape index (κ1) is 22.0. The van der Waals surface area contributed by atoms with Crippen LogP contribution in [0.5, 0.6) is 0 Å². The number of halogens is 2. The molecule has 0 aliphatic carbocycles. The number of hydrogen-bond donors (Lipinski definition) is 3. The summed E-state index contributed by atoms with van der Waals surface area (Å²) in [5, 5.41) is 9.08. The molecule has 1 aromatic rings. The van der Waals surface area contributed by atoms with Crippen molar-refractivity contribution in [1.29, 1.82) is 0 Å². The van der Waals surface area contributed by atoms with Crippen LogP contribution in [0.15, 0.2) is 29.3 Å². The number of hydrogen-bond acceptors (Lipinski definition) is 3. The molecule has 0 saturated carbocycles. The number of aliphatic hydroxyl groups excluding tert-OH is 1. The van der Waals surface area contributed by atoms with Crippen LogP contribution in [-0.4, -0.2) is 49.6 Å². The van der Waals surface area contributed by atoms with Gasteiger partial charge in [-0.3, -0.25) is 0 Å². The summed E-state index contributed by atoms with van der Waals surface area (Å²) < 4.78 is 0. The van der Waals surface area contributed by atoms with Crippen LogP contribution in [0, 0.1) is 0 Å². The molecule has 130 valence electrons. The van der Waals surface area contributed by atoms with Gasteiger partial charge < -0.3 is 34.8 Å². The summed E-state index contributed by atoms with van der Waals surface area (Å²) in [5.41, 5.74) is 1.47. The number of benzene rings is 1. The Balaban J connectivity index is 0.00000242. The Morgan fingerprint density at radius 1 is 1.22 bits per heavy atom. The maximum Gasteiger partial charge on any atom is 0.352 e. The summed E-state index contributed by atoms with van der Waals surface area (Å²) in [5.74, 6) is 0.105. The van der Waals surface area contributed by atoms with E-state index in [0.717, 1.165) is 36.6 Å². The molecule has 7 heteroatoms. The van der Waals surface area contributed by atoms with E-state index in [1.807, 2.05) is 24.3 Å². The molecule has 0 spiro atoms. The van der Waals surface area contributed by atoms with E-state index in [2.05, 4.69) is 18.8 Å². The van der Waals surface area contributed by atoms with Gasteiger partial charge in [0.15, 0.2) is 6.34 Å². The normalized spacial score (nSPS) is 17.2. The first-order chi connectivity index (χ1) is 10.1. The molecule has 3 N–H and O–H groups in total. The Labute approximate surface area is 150 Å². The molecule has 0 bridgehead atoms. The number of nitrogens with one attached hydrogen (secondary N) is 2. The standard InChI is InChI=1S/C16H23N3O2.2ClH/c1-13(2)18(10-11-20)8-5-9-19-12-17-15-7-4-3-6-14(15)16(19)21;;/h3-4,6-7,12-13,20H,5,8-11H2,1-2H3;2*1H. The fourth-order valence-electron chi connectivity index (χ4n) is 2.69. The van der Waals surface area contributed by atoms with E-state index in [0.29, 0.717) is 11.6 Å². The highest BCUT2D eigenvalue weighted by Crippen LogP contribution is 2.18. The second kappa shape index (κ2) is 10.7. The highest BCUT2D eigenvalue weighted by molar-refractivity contribution is 5.98. The minimum Gasteiger partial charge on any atom is -1.00 e. The van der Waals surface area contributed by atoms with Crippen molar-refractivity contribution < 1.29 is 44.5 Å². The van der Waals surface area contributed by atoms with Gasteiger partial charge in [0.05, 0.1) is 31.4 Å². The summed E-state index contributed by atoms with van der Waals surface area (Å²) in [6, 6.07) is 7.96. The van der Waals surface area contributed by atoms with Crippen molar-refractivity contribution >= 4 is 17.9 Å². The molecular weight excluding hydrogens is 337 g/mol. The van der Waals surface area contributed by atoms with Crippen LogP contribution in [-0.2, 0) is 0 Å². The van der Waals surface area contributed by atoms with E-state index in [1.54, 1.807) is 6.34 Å². The maximum absolute atomic E-state index is 12.4. The largest absolute Gasteiger partial charge is 1.00 e. The molecule has 0 saturated heterocycles. The first-order valence-corrected chi connectivity index (χ1v) is 7.62. The van der Waals surface area contributed by atoms with Crippen LogP contribution in [0.3, 0.4) is 0 Å². The maximum atomic E-state index is 12.4. The number of carbonyl (C=O) groups is 1. The zero-order valence-corrected chi connectivity index (χ0v) is 15.1. The number of para-hydroxylation sites is 1. The molecule has 1 aliphatic heterocycles. The van der Waals surface area contributed by atoms with Gasteiger partial charge in [-0.05, 0) is 26.0 Å². The average molecular weight is 362 g/mol. The van der Waals surface area contributed by atoms with Gasteiger partial charge in [0, 0.05) is 6.42 Å². The van der Waals surface area contributed by atoms with Gasteiger partial charge in [0.1, 0.15) is 12.1 Å². The number of nitrogens with zero attached hydrogens (tertiary/aromatic N) is 1. The third-order valence-electron chi connectivity index (χ3n) is 3.99. The van der Waals surface area contributed by atoms with E-state index in [4.69, 9.17) is 5.11 Å². The SMILES string of the molecule is CC(C)[NH+](CCO)CCC[NH+]1C=Nc2ccccc2C1=O.[Cl-].[Cl-]. The number of rotatable bonds is 7. The van der Waals surface area contributed by atoms with E-state index < -0.39 is 0 Å². The molecule has 2 atom stereocenters. The van der Waals surface area contributed by atoms with Gasteiger partial charge in [0.2, 0.25) is 0 Å². The Morgan fingerprint density at radius 2 is 1.91 bits per heavy atom. The second-order valence-corrected chi connectivity index (χ2v) is 5.77. The van der Waals surface area contributed by atoms with Crippen molar-refractivity contribution in [3.63, 3.8) is 0 Å². The lowest BCUT2D eigenvalue weighted by Gasteiger charge is -2.23. The molecule has 0 radical (unpaired) electrons. The minimum atomic E-state index is 0. The van der Waals surface area contributed by atoms with Crippen molar-refractivity contribution in [3.8, 4) is 0 Å². The fourth-order valence-corrected chi connectivity index (χ4v) is 2.69. The Kier molecular flexibility index (Phi) is 10.3. The molecule has 23 heavy (non-hydrogen) atoms. The van der Waals surface area contributed by atoms with Gasteiger partial charge in [-0.2, -0.15) is 0 Å². The minimum absolute atomic E-state index is 0. The van der Waals surface area contributed by atoms with Crippen molar-refractivity contribution in [3.05, 3.63) is 29.8 Å². The Bertz CT molecular complexity index is 524. The number of fused-ring (bicyclic) bond motifs is 1. The zero-order chi connectivity index (χ0) is 15.2. The van der Waals surface area contributed by atoms with Crippen LogP contribution >= 0.6 is 0 Å². The summed E-state index contributed by atoms with van der Waals surface area (Å²) in [6.07, 6.45) is 2.65. The smallest absolute Gasteiger partial charge is 0.352 e. The van der Waals surface area contributed by atoms with Crippen molar-refractivity contribution in [2.75, 3.05) is 26.2 Å². The predicted octanol–water partition coefficient (Wildman–Crippen LogP) is -6.93. The average Bonchev–Trinajstić information content (AvgIpc) is 2.48. The van der Waals surface area contributed by atoms with Gasteiger partial charge in [-0.15, -0.1) is 0 Å². The molecule has 5 nitrogen and oxygen atoms in total. The molecule has 1 heterocycles. The second-order valence-electron chi connectivity index (χ2n) is 5.77.